The molecule has 4 rings (SSSR count). The van der Waals surface area contributed by atoms with Gasteiger partial charge in [-0.2, -0.15) is 10.4 Å². The van der Waals surface area contributed by atoms with E-state index in [0.29, 0.717) is 17.7 Å². The molecule has 4 heterocycles. The zero-order valence-electron chi connectivity index (χ0n) is 18.5. The van der Waals surface area contributed by atoms with Crippen LogP contribution in [0.4, 0.5) is 11.6 Å². The van der Waals surface area contributed by atoms with Gasteiger partial charge in [-0.05, 0) is 65.3 Å². The van der Waals surface area contributed by atoms with Crippen molar-refractivity contribution in [2.24, 2.45) is 0 Å². The SMILES string of the molecule is Cc1nn(C(C)C)c(C)c1CN1CCCC1c1ccnc(Nc2ccc(C#N)nc2)n1. The van der Waals surface area contributed by atoms with E-state index in [1.165, 1.54) is 11.3 Å². The summed E-state index contributed by atoms with van der Waals surface area (Å²) in [5.74, 6) is 0.538. The average molecular weight is 417 g/mol. The highest BCUT2D eigenvalue weighted by Crippen LogP contribution is 2.33. The molecule has 0 amide bonds. The van der Waals surface area contributed by atoms with Crippen LogP contribution in [0.25, 0.3) is 0 Å². The van der Waals surface area contributed by atoms with E-state index >= 15 is 0 Å². The Hall–Kier alpha value is -3.31. The summed E-state index contributed by atoms with van der Waals surface area (Å²) in [4.78, 5) is 15.7. The molecule has 0 bridgehead atoms. The van der Waals surface area contributed by atoms with E-state index in [4.69, 9.17) is 15.3 Å². The summed E-state index contributed by atoms with van der Waals surface area (Å²) in [5.41, 5.74) is 5.83. The van der Waals surface area contributed by atoms with Crippen LogP contribution < -0.4 is 5.32 Å². The monoisotopic (exact) mass is 416 g/mol. The Bertz CT molecular complexity index is 1090. The van der Waals surface area contributed by atoms with Gasteiger partial charge in [0, 0.05) is 30.0 Å². The Labute approximate surface area is 183 Å². The van der Waals surface area contributed by atoms with E-state index in [2.05, 4.69) is 52.6 Å². The fourth-order valence-corrected chi connectivity index (χ4v) is 4.26. The molecule has 0 spiro atoms. The number of hydrogen-bond donors (Lipinski definition) is 1. The molecule has 1 aliphatic rings. The van der Waals surface area contributed by atoms with Crippen LogP contribution in [0.1, 0.15) is 67.1 Å². The number of hydrogen-bond acceptors (Lipinski definition) is 7. The van der Waals surface area contributed by atoms with E-state index in [-0.39, 0.29) is 6.04 Å². The highest BCUT2D eigenvalue weighted by atomic mass is 15.3. The fraction of sp³-hybridized carbons (Fsp3) is 0.435. The van der Waals surface area contributed by atoms with E-state index in [0.717, 1.165) is 43.0 Å². The van der Waals surface area contributed by atoms with Crippen LogP contribution in [0.15, 0.2) is 30.6 Å². The molecule has 8 heteroatoms. The molecular weight excluding hydrogens is 388 g/mol. The summed E-state index contributed by atoms with van der Waals surface area (Å²) in [7, 11) is 0. The molecule has 160 valence electrons. The Balaban J connectivity index is 1.52. The van der Waals surface area contributed by atoms with Crippen molar-refractivity contribution >= 4 is 11.6 Å². The standard InChI is InChI=1S/C23H28N8/c1-15(2)31-17(4)20(16(3)29-31)14-30-11-5-6-22(30)21-9-10-25-23(28-21)27-19-8-7-18(12-24)26-13-19/h7-10,13,15,22H,5-6,11,14H2,1-4H3,(H,25,27,28). The number of aromatic nitrogens is 5. The van der Waals surface area contributed by atoms with Crippen LogP contribution >= 0.6 is 0 Å². The number of likely N-dealkylation sites (tertiary alicyclic amines) is 1. The fourth-order valence-electron chi connectivity index (χ4n) is 4.26. The first-order valence-corrected chi connectivity index (χ1v) is 10.7. The van der Waals surface area contributed by atoms with E-state index in [1.54, 1.807) is 24.5 Å². The molecule has 3 aromatic heterocycles. The molecule has 1 saturated heterocycles. The molecule has 0 radical (unpaired) electrons. The largest absolute Gasteiger partial charge is 0.323 e. The number of nitrogens with one attached hydrogen (secondary N) is 1. The third-order valence-electron chi connectivity index (χ3n) is 5.84. The molecular formula is C23H28N8. The lowest BCUT2D eigenvalue weighted by Crippen LogP contribution is -2.24. The van der Waals surface area contributed by atoms with Gasteiger partial charge in [0.05, 0.1) is 29.3 Å². The molecule has 31 heavy (non-hydrogen) atoms. The average Bonchev–Trinajstić information content (AvgIpc) is 3.34. The normalized spacial score (nSPS) is 16.6. The van der Waals surface area contributed by atoms with Gasteiger partial charge in [-0.25, -0.2) is 15.0 Å². The first-order chi connectivity index (χ1) is 15.0. The third-order valence-corrected chi connectivity index (χ3v) is 5.84. The van der Waals surface area contributed by atoms with E-state index in [1.807, 2.05) is 12.1 Å². The summed E-state index contributed by atoms with van der Waals surface area (Å²) in [5, 5.41) is 16.8. The summed E-state index contributed by atoms with van der Waals surface area (Å²) < 4.78 is 2.12. The van der Waals surface area contributed by atoms with Gasteiger partial charge < -0.3 is 5.32 Å². The second kappa shape index (κ2) is 8.82. The maximum atomic E-state index is 8.90. The predicted molar refractivity (Wildman–Crippen MR) is 119 cm³/mol. The summed E-state index contributed by atoms with van der Waals surface area (Å²) in [6, 6.07) is 8.11. The van der Waals surface area contributed by atoms with Crippen molar-refractivity contribution in [3.05, 3.63) is 58.9 Å². The Morgan fingerprint density at radius 1 is 1.23 bits per heavy atom. The van der Waals surface area contributed by atoms with Gasteiger partial charge in [0.25, 0.3) is 0 Å². The lowest BCUT2D eigenvalue weighted by molar-refractivity contribution is 0.243. The van der Waals surface area contributed by atoms with Crippen LogP contribution in [0, 0.1) is 25.2 Å². The molecule has 8 nitrogen and oxygen atoms in total. The number of aryl methyl sites for hydroxylation is 1. The van der Waals surface area contributed by atoms with Crippen molar-refractivity contribution in [1.82, 2.24) is 29.6 Å². The molecule has 1 atom stereocenters. The van der Waals surface area contributed by atoms with E-state index in [9.17, 15) is 0 Å². The number of nitrogens with zero attached hydrogens (tertiary/aromatic N) is 7. The van der Waals surface area contributed by atoms with Crippen LogP contribution in [0.2, 0.25) is 0 Å². The first kappa shape index (κ1) is 20.9. The summed E-state index contributed by atoms with van der Waals surface area (Å²) in [6.07, 6.45) is 5.64. The van der Waals surface area contributed by atoms with Crippen LogP contribution in [-0.4, -0.2) is 36.2 Å². The third kappa shape index (κ3) is 4.42. The van der Waals surface area contributed by atoms with Gasteiger partial charge >= 0.3 is 0 Å². The van der Waals surface area contributed by atoms with Crippen molar-refractivity contribution in [3.63, 3.8) is 0 Å². The van der Waals surface area contributed by atoms with E-state index < -0.39 is 0 Å². The van der Waals surface area contributed by atoms with Gasteiger partial charge in [0.1, 0.15) is 11.8 Å². The minimum Gasteiger partial charge on any atom is -0.323 e. The Kier molecular flexibility index (Phi) is 5.96. The molecule has 1 N–H and O–H groups in total. The minimum absolute atomic E-state index is 0.254. The van der Waals surface area contributed by atoms with Gasteiger partial charge in [0.15, 0.2) is 0 Å². The highest BCUT2D eigenvalue weighted by Gasteiger charge is 2.29. The predicted octanol–water partition coefficient (Wildman–Crippen LogP) is 4.22. The van der Waals surface area contributed by atoms with Crippen LogP contribution in [-0.2, 0) is 6.54 Å². The number of pyridine rings is 1. The Morgan fingerprint density at radius 3 is 2.74 bits per heavy atom. The minimum atomic E-state index is 0.254. The summed E-state index contributed by atoms with van der Waals surface area (Å²) in [6.45, 7) is 10.5. The van der Waals surface area contributed by atoms with Crippen LogP contribution in [0.3, 0.4) is 0 Å². The van der Waals surface area contributed by atoms with Crippen molar-refractivity contribution in [2.45, 2.75) is 59.2 Å². The van der Waals surface area contributed by atoms with Crippen molar-refractivity contribution in [3.8, 4) is 6.07 Å². The lowest BCUT2D eigenvalue weighted by atomic mass is 10.1. The molecule has 0 saturated carbocycles. The van der Waals surface area contributed by atoms with Gasteiger partial charge in [-0.15, -0.1) is 0 Å². The van der Waals surface area contributed by atoms with Crippen molar-refractivity contribution < 1.29 is 0 Å². The number of rotatable bonds is 6. The molecule has 1 aliphatic heterocycles. The molecule has 0 aromatic carbocycles. The van der Waals surface area contributed by atoms with Crippen molar-refractivity contribution in [2.75, 3.05) is 11.9 Å². The second-order valence-electron chi connectivity index (χ2n) is 8.29. The molecule has 1 unspecified atom stereocenters. The first-order valence-electron chi connectivity index (χ1n) is 10.7. The molecule has 0 aliphatic carbocycles. The molecule has 1 fully saturated rings. The molecule has 3 aromatic rings. The maximum Gasteiger partial charge on any atom is 0.227 e. The zero-order chi connectivity index (χ0) is 22.0. The smallest absolute Gasteiger partial charge is 0.227 e. The van der Waals surface area contributed by atoms with Gasteiger partial charge in [0.2, 0.25) is 5.95 Å². The zero-order valence-corrected chi connectivity index (χ0v) is 18.5. The van der Waals surface area contributed by atoms with Gasteiger partial charge in [-0.3, -0.25) is 9.58 Å². The van der Waals surface area contributed by atoms with Crippen LogP contribution in [0.5, 0.6) is 0 Å². The van der Waals surface area contributed by atoms with Gasteiger partial charge in [-0.1, -0.05) is 0 Å². The van der Waals surface area contributed by atoms with Crippen molar-refractivity contribution in [1.29, 1.82) is 5.26 Å². The summed E-state index contributed by atoms with van der Waals surface area (Å²) >= 11 is 0. The quantitative estimate of drug-likeness (QED) is 0.643. The maximum absolute atomic E-state index is 8.90. The lowest BCUT2D eigenvalue weighted by Gasteiger charge is -2.24. The second-order valence-corrected chi connectivity index (χ2v) is 8.29. The highest BCUT2D eigenvalue weighted by molar-refractivity contribution is 5.52. The number of nitriles is 1. The number of anilines is 2. The Morgan fingerprint density at radius 2 is 2.06 bits per heavy atom. The topological polar surface area (TPSA) is 95.6 Å².